The summed E-state index contributed by atoms with van der Waals surface area (Å²) in [4.78, 5) is 13.2. The minimum absolute atomic E-state index is 0.134. The summed E-state index contributed by atoms with van der Waals surface area (Å²) in [6, 6.07) is 7.62. The van der Waals surface area contributed by atoms with Crippen molar-refractivity contribution in [2.75, 3.05) is 13.6 Å². The van der Waals surface area contributed by atoms with E-state index < -0.39 is 5.97 Å². The summed E-state index contributed by atoms with van der Waals surface area (Å²) in [5, 5.41) is 9.87. The van der Waals surface area contributed by atoms with Crippen molar-refractivity contribution in [1.82, 2.24) is 4.90 Å². The standard InChI is InChI=1S/C14H20ClNO2/c1-10(2)13(14(17)18)9-16(3)8-11-4-6-12(15)7-5-11/h4-7,10,13H,8-9H2,1-3H3,(H,17,18). The van der Waals surface area contributed by atoms with E-state index in [9.17, 15) is 4.79 Å². The maximum absolute atomic E-state index is 11.1. The third-order valence-corrected chi connectivity index (χ3v) is 3.25. The average Bonchev–Trinajstić information content (AvgIpc) is 2.28. The molecule has 0 aromatic heterocycles. The summed E-state index contributed by atoms with van der Waals surface area (Å²) >= 11 is 5.82. The van der Waals surface area contributed by atoms with Gasteiger partial charge in [-0.1, -0.05) is 37.6 Å². The van der Waals surface area contributed by atoms with E-state index in [4.69, 9.17) is 16.7 Å². The van der Waals surface area contributed by atoms with Crippen LogP contribution in [0.5, 0.6) is 0 Å². The molecule has 1 unspecified atom stereocenters. The van der Waals surface area contributed by atoms with Crippen molar-refractivity contribution in [1.29, 1.82) is 0 Å². The Hall–Kier alpha value is -1.06. The highest BCUT2D eigenvalue weighted by atomic mass is 35.5. The topological polar surface area (TPSA) is 40.5 Å². The van der Waals surface area contributed by atoms with Gasteiger partial charge in [-0.05, 0) is 30.7 Å². The van der Waals surface area contributed by atoms with E-state index in [0.717, 1.165) is 12.1 Å². The summed E-state index contributed by atoms with van der Waals surface area (Å²) in [7, 11) is 1.94. The number of benzene rings is 1. The van der Waals surface area contributed by atoms with Crippen molar-refractivity contribution >= 4 is 17.6 Å². The summed E-state index contributed by atoms with van der Waals surface area (Å²) in [5.74, 6) is -0.926. The molecule has 0 saturated carbocycles. The van der Waals surface area contributed by atoms with Crippen molar-refractivity contribution in [3.8, 4) is 0 Å². The molecule has 1 atom stereocenters. The fourth-order valence-electron chi connectivity index (χ4n) is 1.88. The van der Waals surface area contributed by atoms with E-state index in [0.29, 0.717) is 11.6 Å². The Balaban J connectivity index is 2.57. The zero-order valence-corrected chi connectivity index (χ0v) is 11.8. The zero-order valence-electron chi connectivity index (χ0n) is 11.1. The molecule has 0 bridgehead atoms. The van der Waals surface area contributed by atoms with Crippen LogP contribution in [-0.4, -0.2) is 29.6 Å². The molecule has 0 heterocycles. The summed E-state index contributed by atoms with van der Waals surface area (Å²) in [6.45, 7) is 5.16. The van der Waals surface area contributed by atoms with Crippen LogP contribution in [0.3, 0.4) is 0 Å². The zero-order chi connectivity index (χ0) is 13.7. The largest absolute Gasteiger partial charge is 0.481 e. The fourth-order valence-corrected chi connectivity index (χ4v) is 2.00. The molecule has 0 aliphatic rings. The maximum Gasteiger partial charge on any atom is 0.308 e. The van der Waals surface area contributed by atoms with Crippen molar-refractivity contribution in [3.63, 3.8) is 0 Å². The number of carboxylic acids is 1. The molecule has 1 rings (SSSR count). The van der Waals surface area contributed by atoms with Crippen LogP contribution in [0.1, 0.15) is 19.4 Å². The van der Waals surface area contributed by atoms with E-state index in [1.54, 1.807) is 0 Å². The minimum atomic E-state index is -0.729. The van der Waals surface area contributed by atoms with Gasteiger partial charge in [-0.25, -0.2) is 0 Å². The lowest BCUT2D eigenvalue weighted by Crippen LogP contribution is -2.33. The van der Waals surface area contributed by atoms with Crippen LogP contribution in [0, 0.1) is 11.8 Å². The normalized spacial score (nSPS) is 13.0. The monoisotopic (exact) mass is 269 g/mol. The van der Waals surface area contributed by atoms with Crippen molar-refractivity contribution in [2.24, 2.45) is 11.8 Å². The van der Waals surface area contributed by atoms with Gasteiger partial charge in [-0.15, -0.1) is 0 Å². The van der Waals surface area contributed by atoms with Gasteiger partial charge in [0.1, 0.15) is 0 Å². The first-order chi connectivity index (χ1) is 8.40. The molecular formula is C14H20ClNO2. The Kier molecular flexibility index (Phi) is 5.63. The Morgan fingerprint density at radius 1 is 1.33 bits per heavy atom. The maximum atomic E-state index is 11.1. The average molecular weight is 270 g/mol. The summed E-state index contributed by atoms with van der Waals surface area (Å²) in [5.41, 5.74) is 1.13. The van der Waals surface area contributed by atoms with Crippen LogP contribution in [-0.2, 0) is 11.3 Å². The number of carboxylic acid groups (broad SMARTS) is 1. The lowest BCUT2D eigenvalue weighted by molar-refractivity contribution is -0.144. The molecule has 100 valence electrons. The summed E-state index contributed by atoms with van der Waals surface area (Å²) < 4.78 is 0. The quantitative estimate of drug-likeness (QED) is 0.863. The van der Waals surface area contributed by atoms with Crippen molar-refractivity contribution in [3.05, 3.63) is 34.9 Å². The first-order valence-corrected chi connectivity index (χ1v) is 6.43. The van der Waals surface area contributed by atoms with Crippen LogP contribution < -0.4 is 0 Å². The highest BCUT2D eigenvalue weighted by molar-refractivity contribution is 6.30. The highest BCUT2D eigenvalue weighted by Crippen LogP contribution is 2.15. The summed E-state index contributed by atoms with van der Waals surface area (Å²) in [6.07, 6.45) is 0. The van der Waals surface area contributed by atoms with Crippen molar-refractivity contribution < 1.29 is 9.90 Å². The second-order valence-corrected chi connectivity index (χ2v) is 5.45. The first kappa shape index (κ1) is 15.0. The van der Waals surface area contributed by atoms with Gasteiger partial charge in [0.15, 0.2) is 0 Å². The molecule has 0 spiro atoms. The van der Waals surface area contributed by atoms with Crippen molar-refractivity contribution in [2.45, 2.75) is 20.4 Å². The van der Waals surface area contributed by atoms with Gasteiger partial charge in [0.25, 0.3) is 0 Å². The highest BCUT2D eigenvalue weighted by Gasteiger charge is 2.22. The van der Waals surface area contributed by atoms with Gasteiger partial charge < -0.3 is 10.0 Å². The first-order valence-electron chi connectivity index (χ1n) is 6.06. The van der Waals surface area contributed by atoms with E-state index >= 15 is 0 Å². The molecule has 18 heavy (non-hydrogen) atoms. The molecule has 0 aliphatic carbocycles. The number of carbonyl (C=O) groups is 1. The Morgan fingerprint density at radius 3 is 2.33 bits per heavy atom. The van der Waals surface area contributed by atoms with Gasteiger partial charge in [0.05, 0.1) is 5.92 Å². The number of hydrogen-bond donors (Lipinski definition) is 1. The van der Waals surface area contributed by atoms with Crippen LogP contribution >= 0.6 is 11.6 Å². The predicted octanol–water partition coefficient (Wildman–Crippen LogP) is 3.13. The molecule has 0 saturated heterocycles. The molecular weight excluding hydrogens is 250 g/mol. The fraction of sp³-hybridized carbons (Fsp3) is 0.500. The minimum Gasteiger partial charge on any atom is -0.481 e. The number of halogens is 1. The Bertz CT molecular complexity index is 389. The molecule has 1 N–H and O–H groups in total. The van der Waals surface area contributed by atoms with Gasteiger partial charge in [-0.2, -0.15) is 0 Å². The molecule has 1 aromatic rings. The molecule has 0 fully saturated rings. The number of hydrogen-bond acceptors (Lipinski definition) is 2. The number of aliphatic carboxylic acids is 1. The van der Waals surface area contributed by atoms with E-state index in [1.807, 2.05) is 50.1 Å². The molecule has 0 radical (unpaired) electrons. The van der Waals surface area contributed by atoms with Gasteiger partial charge >= 0.3 is 5.97 Å². The van der Waals surface area contributed by atoms with Gasteiger partial charge in [0.2, 0.25) is 0 Å². The van der Waals surface area contributed by atoms with Crippen LogP contribution in [0.25, 0.3) is 0 Å². The molecule has 0 aliphatic heterocycles. The Labute approximate surface area is 113 Å². The lowest BCUT2D eigenvalue weighted by Gasteiger charge is -2.23. The van der Waals surface area contributed by atoms with Gasteiger partial charge in [-0.3, -0.25) is 4.79 Å². The molecule has 0 amide bonds. The molecule has 4 heteroatoms. The predicted molar refractivity (Wildman–Crippen MR) is 73.7 cm³/mol. The SMILES string of the molecule is CC(C)C(CN(C)Cc1ccc(Cl)cc1)C(=O)O. The second kappa shape index (κ2) is 6.76. The van der Waals surface area contributed by atoms with E-state index in [1.165, 1.54) is 0 Å². The van der Waals surface area contributed by atoms with Crippen LogP contribution in [0.2, 0.25) is 5.02 Å². The third kappa shape index (κ3) is 4.67. The third-order valence-electron chi connectivity index (χ3n) is 3.00. The van der Waals surface area contributed by atoms with Crippen LogP contribution in [0.4, 0.5) is 0 Å². The van der Waals surface area contributed by atoms with Crippen LogP contribution in [0.15, 0.2) is 24.3 Å². The number of rotatable bonds is 6. The molecule has 3 nitrogen and oxygen atoms in total. The van der Waals surface area contributed by atoms with E-state index in [2.05, 4.69) is 0 Å². The number of nitrogens with zero attached hydrogens (tertiary/aromatic N) is 1. The molecule has 1 aromatic carbocycles. The Morgan fingerprint density at radius 2 is 1.89 bits per heavy atom. The lowest BCUT2D eigenvalue weighted by atomic mass is 9.95. The smallest absolute Gasteiger partial charge is 0.308 e. The van der Waals surface area contributed by atoms with E-state index in [-0.39, 0.29) is 11.8 Å². The second-order valence-electron chi connectivity index (χ2n) is 5.01. The van der Waals surface area contributed by atoms with Gasteiger partial charge in [0, 0.05) is 18.1 Å².